The molecule has 2 atom stereocenters. The molecule has 0 aliphatic carbocycles. The minimum absolute atomic E-state index is 0.155. The van der Waals surface area contributed by atoms with Crippen molar-refractivity contribution in [2.24, 2.45) is 0 Å². The van der Waals surface area contributed by atoms with Crippen molar-refractivity contribution in [2.75, 3.05) is 5.32 Å². The van der Waals surface area contributed by atoms with Crippen LogP contribution in [0.3, 0.4) is 0 Å². The van der Waals surface area contributed by atoms with Crippen molar-refractivity contribution in [2.45, 2.75) is 25.0 Å². The molecule has 0 radical (unpaired) electrons. The molecule has 3 amide bonds. The molecule has 3 aromatic rings. The largest absolute Gasteiger partial charge is 0.422 e. The molecule has 4 rings (SSSR count). The van der Waals surface area contributed by atoms with Gasteiger partial charge in [-0.25, -0.2) is 14.1 Å². The summed E-state index contributed by atoms with van der Waals surface area (Å²) in [6.45, 7) is 1.61. The molecule has 0 bridgehead atoms. The quantitative estimate of drug-likeness (QED) is 0.510. The van der Waals surface area contributed by atoms with Crippen molar-refractivity contribution in [1.29, 1.82) is 0 Å². The Balaban J connectivity index is 1.71. The first-order valence-electron chi connectivity index (χ1n) is 10.2. The number of carbonyl (C=O) groups excluding carboxylic acids is 3. The molecule has 1 fully saturated rings. The van der Waals surface area contributed by atoms with E-state index in [-0.39, 0.29) is 6.42 Å². The second kappa shape index (κ2) is 9.03. The van der Waals surface area contributed by atoms with Crippen LogP contribution in [0.1, 0.15) is 24.1 Å². The average Bonchev–Trinajstić information content (AvgIpc) is 3.04. The number of benzene rings is 3. The number of hydrogen-bond donors (Lipinski definition) is 1. The molecule has 1 heterocycles. The molecule has 1 saturated heterocycles. The summed E-state index contributed by atoms with van der Waals surface area (Å²) >= 11 is 6.01. The highest BCUT2D eigenvalue weighted by Crippen LogP contribution is 2.36. The summed E-state index contributed by atoms with van der Waals surface area (Å²) in [4.78, 5) is 40.9. The minimum atomic E-state index is -2.12. The van der Waals surface area contributed by atoms with Crippen molar-refractivity contribution in [1.82, 2.24) is 4.90 Å². The summed E-state index contributed by atoms with van der Waals surface area (Å²) < 4.78 is 18.9. The maximum absolute atomic E-state index is 13.6. The van der Waals surface area contributed by atoms with Crippen LogP contribution < -0.4 is 5.32 Å². The number of hydrogen-bond acceptors (Lipinski definition) is 4. The van der Waals surface area contributed by atoms with E-state index in [1.807, 2.05) is 0 Å². The topological polar surface area (TPSA) is 75.7 Å². The summed E-state index contributed by atoms with van der Waals surface area (Å²) in [5.41, 5.74) is -0.604. The maximum atomic E-state index is 13.6. The van der Waals surface area contributed by atoms with E-state index in [1.165, 1.54) is 30.3 Å². The monoisotopic (exact) mass is 466 g/mol. The lowest BCUT2D eigenvalue weighted by Crippen LogP contribution is -2.52. The van der Waals surface area contributed by atoms with Crippen LogP contribution in [0, 0.1) is 5.82 Å². The van der Waals surface area contributed by atoms with Crippen LogP contribution in [0.5, 0.6) is 0 Å². The number of imide groups is 1. The van der Waals surface area contributed by atoms with E-state index in [0.717, 1.165) is 4.90 Å². The third kappa shape index (κ3) is 4.45. The number of amides is 3. The number of ether oxygens (including phenoxy) is 1. The fourth-order valence-electron chi connectivity index (χ4n) is 3.76. The van der Waals surface area contributed by atoms with E-state index in [4.69, 9.17) is 16.3 Å². The number of nitrogens with zero attached hydrogens (tertiary/aromatic N) is 1. The fourth-order valence-corrected chi connectivity index (χ4v) is 3.95. The van der Waals surface area contributed by atoms with Gasteiger partial charge in [-0.1, -0.05) is 60.1 Å². The Morgan fingerprint density at radius 3 is 2.42 bits per heavy atom. The Kier molecular flexibility index (Phi) is 6.16. The molecule has 8 heteroatoms. The molecule has 1 aliphatic heterocycles. The SMILES string of the molecule is C[C@H](c1ccc(F)cc1)N1C(=O)O[C@](Cc2ccccc2)(C(=O)Nc2cccc(Cl)c2)C1=O. The molecule has 0 unspecified atom stereocenters. The van der Waals surface area contributed by atoms with E-state index < -0.39 is 35.4 Å². The normalized spacial score (nSPS) is 18.7. The van der Waals surface area contributed by atoms with Crippen molar-refractivity contribution in [3.8, 4) is 0 Å². The molecular formula is C25H20ClFN2O4. The minimum Gasteiger partial charge on any atom is -0.422 e. The van der Waals surface area contributed by atoms with Gasteiger partial charge in [0, 0.05) is 17.1 Å². The van der Waals surface area contributed by atoms with Gasteiger partial charge in [-0.15, -0.1) is 0 Å². The molecule has 0 spiro atoms. The van der Waals surface area contributed by atoms with E-state index in [2.05, 4.69) is 5.32 Å². The van der Waals surface area contributed by atoms with Crippen LogP contribution in [-0.2, 0) is 20.7 Å². The van der Waals surface area contributed by atoms with E-state index in [0.29, 0.717) is 21.8 Å². The smallest absolute Gasteiger partial charge is 0.418 e. The highest BCUT2D eigenvalue weighted by Gasteiger charge is 2.60. The fraction of sp³-hybridized carbons (Fsp3) is 0.160. The van der Waals surface area contributed by atoms with Gasteiger partial charge in [-0.3, -0.25) is 9.59 Å². The van der Waals surface area contributed by atoms with Gasteiger partial charge in [-0.05, 0) is 48.4 Å². The summed E-state index contributed by atoms with van der Waals surface area (Å²) in [5.74, 6) is -2.03. The Labute approximate surface area is 194 Å². The number of anilines is 1. The summed E-state index contributed by atoms with van der Waals surface area (Å²) in [7, 11) is 0. The van der Waals surface area contributed by atoms with Gasteiger partial charge in [0.15, 0.2) is 0 Å². The van der Waals surface area contributed by atoms with Gasteiger partial charge in [0.1, 0.15) is 5.82 Å². The summed E-state index contributed by atoms with van der Waals surface area (Å²) in [5, 5.41) is 3.04. The lowest BCUT2D eigenvalue weighted by Gasteiger charge is -2.25. The van der Waals surface area contributed by atoms with Gasteiger partial charge in [0.05, 0.1) is 6.04 Å². The van der Waals surface area contributed by atoms with Crippen molar-refractivity contribution >= 4 is 35.2 Å². The van der Waals surface area contributed by atoms with Crippen LogP contribution >= 0.6 is 11.6 Å². The summed E-state index contributed by atoms with van der Waals surface area (Å²) in [6.07, 6.45) is -1.11. The predicted molar refractivity (Wildman–Crippen MR) is 121 cm³/mol. The van der Waals surface area contributed by atoms with Crippen molar-refractivity contribution < 1.29 is 23.5 Å². The van der Waals surface area contributed by atoms with Crippen LogP contribution in [0.4, 0.5) is 14.9 Å². The Morgan fingerprint density at radius 1 is 1.06 bits per heavy atom. The molecule has 1 N–H and O–H groups in total. The van der Waals surface area contributed by atoms with Gasteiger partial charge in [0.2, 0.25) is 0 Å². The van der Waals surface area contributed by atoms with Crippen LogP contribution in [0.2, 0.25) is 5.02 Å². The Bertz CT molecular complexity index is 1200. The number of rotatable bonds is 6. The van der Waals surface area contributed by atoms with Gasteiger partial charge in [0.25, 0.3) is 17.4 Å². The molecule has 0 aromatic heterocycles. The third-order valence-electron chi connectivity index (χ3n) is 5.51. The Morgan fingerprint density at radius 2 is 1.76 bits per heavy atom. The average molecular weight is 467 g/mol. The summed E-state index contributed by atoms with van der Waals surface area (Å²) in [6, 6.07) is 19.9. The lowest BCUT2D eigenvalue weighted by atomic mass is 9.91. The molecule has 33 heavy (non-hydrogen) atoms. The van der Waals surface area contributed by atoms with Gasteiger partial charge < -0.3 is 10.1 Å². The third-order valence-corrected chi connectivity index (χ3v) is 5.74. The molecule has 0 saturated carbocycles. The molecule has 3 aromatic carbocycles. The van der Waals surface area contributed by atoms with Crippen molar-refractivity contribution in [3.63, 3.8) is 0 Å². The zero-order valence-electron chi connectivity index (χ0n) is 17.6. The zero-order valence-corrected chi connectivity index (χ0v) is 18.4. The van der Waals surface area contributed by atoms with Crippen molar-refractivity contribution in [3.05, 3.63) is 101 Å². The second-order valence-electron chi connectivity index (χ2n) is 7.72. The molecule has 6 nitrogen and oxygen atoms in total. The first-order chi connectivity index (χ1) is 15.8. The highest BCUT2D eigenvalue weighted by molar-refractivity contribution is 6.31. The standard InChI is InChI=1S/C25H20ClFN2O4/c1-16(18-10-12-20(27)13-11-18)29-23(31)25(33-24(29)32,15-17-6-3-2-4-7-17)22(30)28-21-9-5-8-19(26)14-21/h2-14,16H,15H2,1H3,(H,28,30)/t16-,25-/m1/s1. The highest BCUT2D eigenvalue weighted by atomic mass is 35.5. The van der Waals surface area contributed by atoms with Crippen LogP contribution in [-0.4, -0.2) is 28.4 Å². The number of cyclic esters (lactones) is 1. The molecule has 1 aliphatic rings. The Hall–Kier alpha value is -3.71. The van der Waals surface area contributed by atoms with Gasteiger partial charge >= 0.3 is 6.09 Å². The van der Waals surface area contributed by atoms with Crippen LogP contribution in [0.15, 0.2) is 78.9 Å². The van der Waals surface area contributed by atoms with Gasteiger partial charge in [-0.2, -0.15) is 0 Å². The molecular weight excluding hydrogens is 447 g/mol. The van der Waals surface area contributed by atoms with E-state index >= 15 is 0 Å². The van der Waals surface area contributed by atoms with E-state index in [9.17, 15) is 18.8 Å². The number of carbonyl (C=O) groups is 3. The number of nitrogens with one attached hydrogen (secondary N) is 1. The predicted octanol–water partition coefficient (Wildman–Crippen LogP) is 5.14. The first-order valence-corrected chi connectivity index (χ1v) is 10.6. The van der Waals surface area contributed by atoms with Crippen LogP contribution in [0.25, 0.3) is 0 Å². The lowest BCUT2D eigenvalue weighted by molar-refractivity contribution is -0.147. The van der Waals surface area contributed by atoms with E-state index in [1.54, 1.807) is 55.5 Å². The second-order valence-corrected chi connectivity index (χ2v) is 8.16. The zero-order chi connectivity index (χ0) is 23.6. The number of halogens is 2. The molecule has 168 valence electrons. The maximum Gasteiger partial charge on any atom is 0.418 e. The first kappa shape index (κ1) is 22.5.